The van der Waals surface area contributed by atoms with E-state index in [9.17, 15) is 13.2 Å². The van der Waals surface area contributed by atoms with Crippen molar-refractivity contribution in [2.24, 2.45) is 5.92 Å². The third-order valence-corrected chi connectivity index (χ3v) is 6.92. The van der Waals surface area contributed by atoms with Gasteiger partial charge in [-0.15, -0.1) is 12.4 Å². The molecule has 2 fully saturated rings. The number of likely N-dealkylation sites (tertiary alicyclic amines) is 1. The highest BCUT2D eigenvalue weighted by Crippen LogP contribution is 2.26. The van der Waals surface area contributed by atoms with Crippen LogP contribution in [0.15, 0.2) is 0 Å². The summed E-state index contributed by atoms with van der Waals surface area (Å²) in [7, 11) is -3.24. The molecule has 0 aromatic rings. The van der Waals surface area contributed by atoms with Crippen LogP contribution in [-0.2, 0) is 14.6 Å². The van der Waals surface area contributed by atoms with E-state index in [4.69, 9.17) is 0 Å². The van der Waals surface area contributed by atoms with Crippen molar-refractivity contribution < 1.29 is 13.2 Å². The van der Waals surface area contributed by atoms with Crippen LogP contribution in [0.2, 0.25) is 0 Å². The molecular weight excluding hydrogens is 324 g/mol. The molecule has 0 radical (unpaired) electrons. The number of halogens is 1. The minimum atomic E-state index is -3.24. The molecule has 22 heavy (non-hydrogen) atoms. The van der Waals surface area contributed by atoms with Crippen LogP contribution in [0.25, 0.3) is 0 Å². The molecule has 0 aromatic carbocycles. The van der Waals surface area contributed by atoms with Gasteiger partial charge in [0.15, 0.2) is 9.84 Å². The average Bonchev–Trinajstić information content (AvgIpc) is 3.00. The minimum Gasteiger partial charge on any atom is -0.342 e. The second kappa shape index (κ2) is 9.08. The molecular formula is C15H29ClN2O3S. The highest BCUT2D eigenvalue weighted by molar-refractivity contribution is 7.92. The van der Waals surface area contributed by atoms with Crippen LogP contribution in [-0.4, -0.2) is 56.4 Å². The number of sulfone groups is 1. The first kappa shape index (κ1) is 19.7. The number of carbonyl (C=O) groups excluding carboxylic acids is 1. The van der Waals surface area contributed by atoms with Crippen LogP contribution >= 0.6 is 12.4 Å². The van der Waals surface area contributed by atoms with Gasteiger partial charge in [-0.3, -0.25) is 4.79 Å². The molecule has 1 aliphatic carbocycles. The second-order valence-electron chi connectivity index (χ2n) is 6.35. The van der Waals surface area contributed by atoms with Crippen LogP contribution in [0.4, 0.5) is 0 Å². The second-order valence-corrected chi connectivity index (χ2v) is 8.63. The van der Waals surface area contributed by atoms with E-state index in [-0.39, 0.29) is 29.3 Å². The lowest BCUT2D eigenvalue weighted by atomic mass is 9.97. The number of nitrogens with one attached hydrogen (secondary N) is 1. The standard InChI is InChI=1S/C15H28N2O3S.ClH/c1-2-16-11-13-7-9-17(10-8-13)15(18)12-21(19,20)14-5-3-4-6-14;/h13-14,16H,2-12H2,1H3;1H. The van der Waals surface area contributed by atoms with Gasteiger partial charge >= 0.3 is 0 Å². The first-order valence-electron chi connectivity index (χ1n) is 8.23. The number of hydrogen-bond donors (Lipinski definition) is 1. The Balaban J connectivity index is 0.00000242. The summed E-state index contributed by atoms with van der Waals surface area (Å²) in [4.78, 5) is 14.0. The summed E-state index contributed by atoms with van der Waals surface area (Å²) >= 11 is 0. The van der Waals surface area contributed by atoms with Crippen LogP contribution in [0, 0.1) is 5.92 Å². The molecule has 1 saturated heterocycles. The van der Waals surface area contributed by atoms with Gasteiger partial charge in [0.1, 0.15) is 5.75 Å². The van der Waals surface area contributed by atoms with Crippen LogP contribution in [0.5, 0.6) is 0 Å². The fraction of sp³-hybridized carbons (Fsp3) is 0.933. The largest absolute Gasteiger partial charge is 0.342 e. The SMILES string of the molecule is CCNCC1CCN(C(=O)CS(=O)(=O)C2CCCC2)CC1.Cl. The van der Waals surface area contributed by atoms with Crippen LogP contribution in [0.1, 0.15) is 45.4 Å². The summed E-state index contributed by atoms with van der Waals surface area (Å²) in [6.45, 7) is 5.47. The first-order valence-corrected chi connectivity index (χ1v) is 9.94. The van der Waals surface area contributed by atoms with Gasteiger partial charge in [-0.1, -0.05) is 19.8 Å². The quantitative estimate of drug-likeness (QED) is 0.788. The van der Waals surface area contributed by atoms with Crippen molar-refractivity contribution >= 4 is 28.2 Å². The predicted octanol–water partition coefficient (Wildman–Crippen LogP) is 1.61. The Labute approximate surface area is 140 Å². The Morgan fingerprint density at radius 1 is 1.14 bits per heavy atom. The van der Waals surface area contributed by atoms with Crippen molar-refractivity contribution in [2.75, 3.05) is 31.9 Å². The van der Waals surface area contributed by atoms with Crippen molar-refractivity contribution in [1.29, 1.82) is 0 Å². The molecule has 0 aromatic heterocycles. The maximum atomic E-state index is 12.2. The summed E-state index contributed by atoms with van der Waals surface area (Å²) in [5.74, 6) is 0.138. The molecule has 0 spiro atoms. The molecule has 0 unspecified atom stereocenters. The molecule has 2 aliphatic rings. The zero-order chi connectivity index (χ0) is 15.3. The Morgan fingerprint density at radius 2 is 1.73 bits per heavy atom. The van der Waals surface area contributed by atoms with Crippen LogP contribution < -0.4 is 5.32 Å². The van der Waals surface area contributed by atoms with Gasteiger partial charge in [0.05, 0.1) is 5.25 Å². The molecule has 1 N–H and O–H groups in total. The van der Waals surface area contributed by atoms with E-state index in [0.717, 1.165) is 51.6 Å². The highest BCUT2D eigenvalue weighted by Gasteiger charge is 2.33. The fourth-order valence-corrected chi connectivity index (χ4v) is 5.18. The molecule has 2 rings (SSSR count). The number of amides is 1. The zero-order valence-corrected chi connectivity index (χ0v) is 15.1. The van der Waals surface area contributed by atoms with Gasteiger partial charge in [0.2, 0.25) is 5.91 Å². The molecule has 5 nitrogen and oxygen atoms in total. The maximum absolute atomic E-state index is 12.2. The Kier molecular flexibility index (Phi) is 8.14. The number of nitrogens with zero attached hydrogens (tertiary/aromatic N) is 1. The van der Waals surface area contributed by atoms with E-state index in [2.05, 4.69) is 12.2 Å². The molecule has 0 atom stereocenters. The van der Waals surface area contributed by atoms with Gasteiger partial charge in [-0.2, -0.15) is 0 Å². The number of carbonyl (C=O) groups is 1. The van der Waals surface area contributed by atoms with Gasteiger partial charge in [0, 0.05) is 13.1 Å². The molecule has 130 valence electrons. The topological polar surface area (TPSA) is 66.5 Å². The summed E-state index contributed by atoms with van der Waals surface area (Å²) < 4.78 is 24.5. The zero-order valence-electron chi connectivity index (χ0n) is 13.4. The maximum Gasteiger partial charge on any atom is 0.237 e. The van der Waals surface area contributed by atoms with Gasteiger partial charge in [-0.05, 0) is 44.7 Å². The third kappa shape index (κ3) is 5.39. The minimum absolute atomic E-state index is 0. The monoisotopic (exact) mass is 352 g/mol. The smallest absolute Gasteiger partial charge is 0.237 e. The lowest BCUT2D eigenvalue weighted by Crippen LogP contribution is -2.44. The number of hydrogen-bond acceptors (Lipinski definition) is 4. The Hall–Kier alpha value is -0.330. The third-order valence-electron chi connectivity index (χ3n) is 4.78. The molecule has 1 saturated carbocycles. The lowest BCUT2D eigenvalue weighted by Gasteiger charge is -2.32. The van der Waals surface area contributed by atoms with E-state index < -0.39 is 9.84 Å². The summed E-state index contributed by atoms with van der Waals surface area (Å²) in [6.07, 6.45) is 5.38. The Bertz CT molecular complexity index is 442. The summed E-state index contributed by atoms with van der Waals surface area (Å²) in [5, 5.41) is 3.07. The predicted molar refractivity (Wildman–Crippen MR) is 91.1 cm³/mol. The van der Waals surface area contributed by atoms with E-state index in [1.165, 1.54) is 0 Å². The van der Waals surface area contributed by atoms with E-state index in [1.54, 1.807) is 4.90 Å². The molecule has 7 heteroatoms. The average molecular weight is 353 g/mol. The van der Waals surface area contributed by atoms with Crippen molar-refractivity contribution in [2.45, 2.75) is 50.7 Å². The lowest BCUT2D eigenvalue weighted by molar-refractivity contribution is -0.129. The van der Waals surface area contributed by atoms with Crippen LogP contribution in [0.3, 0.4) is 0 Å². The van der Waals surface area contributed by atoms with E-state index in [0.29, 0.717) is 19.0 Å². The normalized spacial score (nSPS) is 20.9. The first-order chi connectivity index (χ1) is 10.0. The van der Waals surface area contributed by atoms with Crippen molar-refractivity contribution in [3.05, 3.63) is 0 Å². The van der Waals surface area contributed by atoms with Crippen molar-refractivity contribution in [3.8, 4) is 0 Å². The van der Waals surface area contributed by atoms with E-state index in [1.807, 2.05) is 0 Å². The Morgan fingerprint density at radius 3 is 2.27 bits per heavy atom. The van der Waals surface area contributed by atoms with E-state index >= 15 is 0 Å². The van der Waals surface area contributed by atoms with Gasteiger partial charge in [0.25, 0.3) is 0 Å². The van der Waals surface area contributed by atoms with Gasteiger partial charge in [-0.25, -0.2) is 8.42 Å². The number of rotatable bonds is 6. The summed E-state index contributed by atoms with van der Waals surface area (Å²) in [6, 6.07) is 0. The van der Waals surface area contributed by atoms with Gasteiger partial charge < -0.3 is 10.2 Å². The van der Waals surface area contributed by atoms with Crippen molar-refractivity contribution in [3.63, 3.8) is 0 Å². The molecule has 1 amide bonds. The highest BCUT2D eigenvalue weighted by atomic mass is 35.5. The molecule has 1 aliphatic heterocycles. The number of piperidine rings is 1. The fourth-order valence-electron chi connectivity index (χ4n) is 3.36. The molecule has 0 bridgehead atoms. The summed E-state index contributed by atoms with van der Waals surface area (Å²) in [5.41, 5.74) is 0. The molecule has 1 heterocycles. The van der Waals surface area contributed by atoms with Crippen molar-refractivity contribution in [1.82, 2.24) is 10.2 Å².